The Labute approximate surface area is 272 Å². The quantitative estimate of drug-likeness (QED) is 0.0605. The third-order valence-corrected chi connectivity index (χ3v) is 8.80. The maximum absolute atomic E-state index is 13.5. The molecule has 0 spiro atoms. The molecule has 0 aliphatic carbocycles. The third-order valence-electron chi connectivity index (χ3n) is 7.44. The number of hydrogen-bond donors (Lipinski definition) is 1. The minimum atomic E-state index is -4.71. The van der Waals surface area contributed by atoms with Gasteiger partial charge in [-0.1, -0.05) is 48.0 Å². The van der Waals surface area contributed by atoms with Gasteiger partial charge in [0.2, 0.25) is 11.2 Å². The fraction of sp³-hybridized carbons (Fsp3) is 0.258. The molecule has 252 valence electrons. The van der Waals surface area contributed by atoms with Gasteiger partial charge in [0.05, 0.1) is 39.9 Å². The Kier molecular flexibility index (Phi) is 9.98. The minimum absolute atomic E-state index is 0.0556. The highest BCUT2D eigenvalue weighted by Crippen LogP contribution is 2.33. The second-order valence-electron chi connectivity index (χ2n) is 10.8. The van der Waals surface area contributed by atoms with E-state index in [-0.39, 0.29) is 47.2 Å². The summed E-state index contributed by atoms with van der Waals surface area (Å²) in [5.74, 6) is -2.18. The molecule has 5 rings (SSSR count). The van der Waals surface area contributed by atoms with E-state index in [1.807, 2.05) is 11.6 Å². The number of aromatic nitrogens is 2. The van der Waals surface area contributed by atoms with Crippen LogP contribution in [0.2, 0.25) is 0 Å². The molecule has 1 aliphatic heterocycles. The van der Waals surface area contributed by atoms with Gasteiger partial charge < -0.3 is 14.8 Å². The molecule has 0 radical (unpaired) electrons. The number of hydrazine groups is 1. The van der Waals surface area contributed by atoms with Gasteiger partial charge in [0.15, 0.2) is 5.69 Å². The smallest absolute Gasteiger partial charge is 0.435 e. The lowest BCUT2D eigenvalue weighted by Gasteiger charge is -2.27. The van der Waals surface area contributed by atoms with Crippen molar-refractivity contribution in [3.63, 3.8) is 0 Å². The molecule has 0 saturated carbocycles. The van der Waals surface area contributed by atoms with E-state index in [4.69, 9.17) is 9.57 Å². The number of ether oxygens (including phenoxy) is 1. The highest BCUT2D eigenvalue weighted by Gasteiger charge is 2.35. The lowest BCUT2D eigenvalue weighted by molar-refractivity contribution is -0.713. The molecule has 17 heteroatoms. The number of carbonyl (C=O) groups excluding carboxylic acids is 2. The zero-order chi connectivity index (χ0) is 34.5. The minimum Gasteiger partial charge on any atom is -0.569 e. The van der Waals surface area contributed by atoms with Crippen LogP contribution in [-0.2, 0) is 30.6 Å². The van der Waals surface area contributed by atoms with Gasteiger partial charge >= 0.3 is 12.1 Å². The largest absolute Gasteiger partial charge is 0.569 e. The SMILES string of the molecule is Cc1ccc(-c2cc(C(F)(F)F)nn2-c2ccc(S(=O)(=O)NC(=O)C3CCN(/[N+]([O-])=N/OCOC(=O)c4ccccc4)CC3)cc2)cc1. The summed E-state index contributed by atoms with van der Waals surface area (Å²) >= 11 is 0. The van der Waals surface area contributed by atoms with Gasteiger partial charge in [0.1, 0.15) is 0 Å². The van der Waals surface area contributed by atoms with E-state index in [0.717, 1.165) is 28.4 Å². The lowest BCUT2D eigenvalue weighted by Crippen LogP contribution is -2.44. The number of halogens is 3. The highest BCUT2D eigenvalue weighted by molar-refractivity contribution is 7.90. The average Bonchev–Trinajstić information content (AvgIpc) is 3.54. The first-order valence-electron chi connectivity index (χ1n) is 14.5. The number of benzene rings is 3. The van der Waals surface area contributed by atoms with Crippen LogP contribution in [0.5, 0.6) is 0 Å². The van der Waals surface area contributed by atoms with E-state index in [0.29, 0.717) is 11.1 Å². The number of aryl methyl sites for hydroxylation is 1. The molecule has 0 unspecified atom stereocenters. The van der Waals surface area contributed by atoms with Crippen molar-refractivity contribution in [1.82, 2.24) is 19.5 Å². The van der Waals surface area contributed by atoms with Crippen LogP contribution in [0.3, 0.4) is 0 Å². The molecule has 1 saturated heterocycles. The molecule has 1 aromatic heterocycles. The number of alkyl halides is 3. The lowest BCUT2D eigenvalue weighted by atomic mass is 9.97. The molecule has 1 aliphatic rings. The van der Waals surface area contributed by atoms with Crippen molar-refractivity contribution in [3.8, 4) is 16.9 Å². The van der Waals surface area contributed by atoms with Crippen molar-refractivity contribution in [2.75, 3.05) is 19.9 Å². The Bertz CT molecular complexity index is 1890. The van der Waals surface area contributed by atoms with Gasteiger partial charge in [0, 0.05) is 11.5 Å². The molecule has 1 amide bonds. The summed E-state index contributed by atoms with van der Waals surface area (Å²) < 4.78 is 74.6. The number of nitrogens with zero attached hydrogens (tertiary/aromatic N) is 5. The van der Waals surface area contributed by atoms with E-state index in [1.165, 1.54) is 17.1 Å². The average molecular weight is 687 g/mol. The third kappa shape index (κ3) is 8.09. The maximum atomic E-state index is 13.5. The van der Waals surface area contributed by atoms with Crippen molar-refractivity contribution in [2.45, 2.75) is 30.8 Å². The van der Waals surface area contributed by atoms with E-state index >= 15 is 0 Å². The van der Waals surface area contributed by atoms with Gasteiger partial charge in [-0.05, 0) is 62.2 Å². The first-order chi connectivity index (χ1) is 22.8. The van der Waals surface area contributed by atoms with Crippen LogP contribution in [0.4, 0.5) is 13.2 Å². The van der Waals surface area contributed by atoms with Crippen LogP contribution in [0.1, 0.15) is 34.5 Å². The molecule has 0 bridgehead atoms. The monoisotopic (exact) mass is 686 g/mol. The highest BCUT2D eigenvalue weighted by atomic mass is 32.2. The number of esters is 1. The van der Waals surface area contributed by atoms with Crippen LogP contribution < -0.4 is 4.72 Å². The summed E-state index contributed by atoms with van der Waals surface area (Å²) in [7, 11) is -4.34. The first-order valence-corrected chi connectivity index (χ1v) is 16.0. The van der Waals surface area contributed by atoms with Crippen LogP contribution >= 0.6 is 0 Å². The Hall–Kier alpha value is -5.45. The zero-order valence-corrected chi connectivity index (χ0v) is 26.1. The number of amides is 1. The molecule has 2 heterocycles. The van der Waals surface area contributed by atoms with Crippen molar-refractivity contribution in [3.05, 3.63) is 107 Å². The molecular weight excluding hydrogens is 657 g/mol. The predicted molar refractivity (Wildman–Crippen MR) is 162 cm³/mol. The Morgan fingerprint density at radius 1 is 1.02 bits per heavy atom. The fourth-order valence-corrected chi connectivity index (χ4v) is 5.89. The Balaban J connectivity index is 1.17. The topological polar surface area (TPSA) is 158 Å². The second-order valence-corrected chi connectivity index (χ2v) is 12.4. The van der Waals surface area contributed by atoms with Gasteiger partial charge in [-0.15, -0.1) is 5.01 Å². The maximum Gasteiger partial charge on any atom is 0.435 e. The summed E-state index contributed by atoms with van der Waals surface area (Å²) in [6, 6.07) is 20.8. The normalized spacial score (nSPS) is 14.4. The molecule has 13 nitrogen and oxygen atoms in total. The zero-order valence-electron chi connectivity index (χ0n) is 25.3. The summed E-state index contributed by atoms with van der Waals surface area (Å²) in [6.45, 7) is 1.35. The Morgan fingerprint density at radius 3 is 2.29 bits per heavy atom. The van der Waals surface area contributed by atoms with Crippen LogP contribution in [-0.4, -0.2) is 59.9 Å². The molecule has 48 heavy (non-hydrogen) atoms. The number of nitrogens with one attached hydrogen (secondary N) is 1. The summed E-state index contributed by atoms with van der Waals surface area (Å²) in [5.41, 5.74) is 0.897. The van der Waals surface area contributed by atoms with E-state index < -0.39 is 46.5 Å². The van der Waals surface area contributed by atoms with Crippen LogP contribution in [0.25, 0.3) is 16.9 Å². The molecule has 1 N–H and O–H groups in total. The number of piperidine rings is 1. The molecule has 3 aromatic carbocycles. The number of carbonyl (C=O) groups is 2. The van der Waals surface area contributed by atoms with Gasteiger partial charge in [0.25, 0.3) is 16.8 Å². The molecule has 4 aromatic rings. The molecule has 0 atom stereocenters. The summed E-state index contributed by atoms with van der Waals surface area (Å²) in [6.07, 6.45) is -4.46. The van der Waals surface area contributed by atoms with Crippen LogP contribution in [0.15, 0.2) is 95.1 Å². The number of hydrogen-bond acceptors (Lipinski definition) is 9. The molecule has 1 fully saturated rings. The van der Waals surface area contributed by atoms with Crippen LogP contribution in [0, 0.1) is 18.0 Å². The van der Waals surface area contributed by atoms with Crippen molar-refractivity contribution in [2.24, 2.45) is 11.2 Å². The van der Waals surface area contributed by atoms with E-state index in [9.17, 15) is 36.4 Å². The fourth-order valence-electron chi connectivity index (χ4n) is 4.85. The standard InChI is InChI=1S/C31H29F3N6O7S/c1-21-7-9-22(10-8-21)27-19-28(31(32,33)34)35-39(27)25-11-13-26(14-12-25)48(44,45)36-29(41)23-15-17-38(18-16-23)40(43)37-47-20-46-30(42)24-5-3-2-4-6-24/h2-14,19,23H,15-18,20H2,1H3,(H,36,41)/b40-37-. The summed E-state index contributed by atoms with van der Waals surface area (Å²) in [4.78, 5) is 29.4. The van der Waals surface area contributed by atoms with E-state index in [1.54, 1.807) is 54.6 Å². The number of sulfonamides is 1. The van der Waals surface area contributed by atoms with E-state index in [2.05, 4.69) is 10.4 Å². The molecular formula is C31H29F3N6O7S. The van der Waals surface area contributed by atoms with Gasteiger partial charge in [-0.3, -0.25) is 4.79 Å². The van der Waals surface area contributed by atoms with Crippen molar-refractivity contribution >= 4 is 21.9 Å². The van der Waals surface area contributed by atoms with Crippen molar-refractivity contribution in [1.29, 1.82) is 0 Å². The van der Waals surface area contributed by atoms with Gasteiger partial charge in [-0.25, -0.2) is 22.6 Å². The predicted octanol–water partition coefficient (Wildman–Crippen LogP) is 5.01. The van der Waals surface area contributed by atoms with Gasteiger partial charge in [-0.2, -0.15) is 18.3 Å². The second kappa shape index (κ2) is 14.1. The summed E-state index contributed by atoms with van der Waals surface area (Å²) in [5, 5.41) is 20.5. The number of rotatable bonds is 10. The Morgan fingerprint density at radius 2 is 1.67 bits per heavy atom. The van der Waals surface area contributed by atoms with Crippen molar-refractivity contribution < 1.29 is 45.7 Å². The first kappa shape index (κ1) is 33.9.